The number of hydrogen-bond donors (Lipinski definition) is 1. The van der Waals surface area contributed by atoms with E-state index in [0.717, 1.165) is 16.7 Å². The number of nitrogens with one attached hydrogen (secondary N) is 1. The van der Waals surface area contributed by atoms with Crippen LogP contribution in [0, 0.1) is 0 Å². The molecule has 6 nitrogen and oxygen atoms in total. The van der Waals surface area contributed by atoms with E-state index in [0.29, 0.717) is 28.0 Å². The second-order valence-electron chi connectivity index (χ2n) is 6.03. The summed E-state index contributed by atoms with van der Waals surface area (Å²) in [5.74, 6) is 0.914. The lowest BCUT2D eigenvalue weighted by molar-refractivity contribution is 0.102. The molecule has 2 aromatic carbocycles. The fourth-order valence-corrected chi connectivity index (χ4v) is 3.54. The third-order valence-corrected chi connectivity index (χ3v) is 5.01. The smallest absolute Gasteiger partial charge is 0.275 e. The molecule has 0 unspecified atom stereocenters. The van der Waals surface area contributed by atoms with Crippen LogP contribution in [0.3, 0.4) is 0 Å². The standard InChI is InChI=1S/C21H13N3O3S/c25-19(16-12-28-21(24-16)18-6-3-11-26-18)22-14-9-7-13(8-10-14)20-23-15-4-1-2-5-17(15)27-20/h1-12H,(H,22,25). The summed E-state index contributed by atoms with van der Waals surface area (Å²) < 4.78 is 11.1. The molecule has 1 amide bonds. The molecule has 5 rings (SSSR count). The van der Waals surface area contributed by atoms with Gasteiger partial charge in [0.25, 0.3) is 5.91 Å². The molecule has 3 aromatic heterocycles. The summed E-state index contributed by atoms with van der Waals surface area (Å²) in [7, 11) is 0. The Morgan fingerprint density at radius 2 is 1.82 bits per heavy atom. The third kappa shape index (κ3) is 3.08. The number of benzene rings is 2. The van der Waals surface area contributed by atoms with Gasteiger partial charge in [0.15, 0.2) is 16.4 Å². The summed E-state index contributed by atoms with van der Waals surface area (Å²) in [5, 5.41) is 5.22. The Balaban J connectivity index is 1.32. The van der Waals surface area contributed by atoms with Gasteiger partial charge in [0.2, 0.25) is 5.89 Å². The minimum atomic E-state index is -0.274. The molecule has 136 valence electrons. The van der Waals surface area contributed by atoms with Crippen LogP contribution in [-0.2, 0) is 0 Å². The summed E-state index contributed by atoms with van der Waals surface area (Å²) in [6, 6.07) is 18.5. The van der Waals surface area contributed by atoms with Gasteiger partial charge >= 0.3 is 0 Å². The number of furan rings is 1. The molecular formula is C21H13N3O3S. The monoisotopic (exact) mass is 387 g/mol. The molecule has 28 heavy (non-hydrogen) atoms. The first-order chi connectivity index (χ1) is 13.8. The Kier molecular flexibility index (Phi) is 3.99. The highest BCUT2D eigenvalue weighted by atomic mass is 32.1. The van der Waals surface area contributed by atoms with E-state index in [-0.39, 0.29) is 5.91 Å². The molecule has 0 saturated carbocycles. The Bertz CT molecular complexity index is 1220. The van der Waals surface area contributed by atoms with Gasteiger partial charge in [-0.25, -0.2) is 9.97 Å². The van der Waals surface area contributed by atoms with E-state index in [9.17, 15) is 4.79 Å². The number of thiazole rings is 1. The quantitative estimate of drug-likeness (QED) is 0.443. The van der Waals surface area contributed by atoms with E-state index in [4.69, 9.17) is 8.83 Å². The lowest BCUT2D eigenvalue weighted by Crippen LogP contribution is -2.12. The number of anilines is 1. The van der Waals surface area contributed by atoms with Crippen LogP contribution >= 0.6 is 11.3 Å². The van der Waals surface area contributed by atoms with Crippen molar-refractivity contribution >= 4 is 34.0 Å². The van der Waals surface area contributed by atoms with Crippen molar-refractivity contribution in [3.8, 4) is 22.2 Å². The molecule has 0 saturated heterocycles. The topological polar surface area (TPSA) is 81.2 Å². The molecule has 0 aliphatic carbocycles. The first-order valence-electron chi connectivity index (χ1n) is 8.53. The maximum atomic E-state index is 12.4. The van der Waals surface area contributed by atoms with E-state index in [1.165, 1.54) is 11.3 Å². The largest absolute Gasteiger partial charge is 0.462 e. The Labute approximate surface area is 163 Å². The fourth-order valence-electron chi connectivity index (χ4n) is 2.78. The summed E-state index contributed by atoms with van der Waals surface area (Å²) in [6.45, 7) is 0. The van der Waals surface area contributed by atoms with Crippen molar-refractivity contribution in [1.82, 2.24) is 9.97 Å². The van der Waals surface area contributed by atoms with E-state index in [1.807, 2.05) is 54.6 Å². The third-order valence-electron chi connectivity index (χ3n) is 4.15. The van der Waals surface area contributed by atoms with Crippen LogP contribution in [0.1, 0.15) is 10.5 Å². The molecule has 0 fully saturated rings. The number of rotatable bonds is 4. The van der Waals surface area contributed by atoms with Crippen molar-refractivity contribution in [2.75, 3.05) is 5.32 Å². The first kappa shape index (κ1) is 16.5. The summed E-state index contributed by atoms with van der Waals surface area (Å²) in [4.78, 5) is 21.2. The highest BCUT2D eigenvalue weighted by molar-refractivity contribution is 7.13. The van der Waals surface area contributed by atoms with Crippen LogP contribution in [0.2, 0.25) is 0 Å². The number of fused-ring (bicyclic) bond motifs is 1. The molecule has 0 spiro atoms. The van der Waals surface area contributed by atoms with Crippen molar-refractivity contribution in [1.29, 1.82) is 0 Å². The van der Waals surface area contributed by atoms with Crippen LogP contribution < -0.4 is 5.32 Å². The lowest BCUT2D eigenvalue weighted by Gasteiger charge is -2.03. The Morgan fingerprint density at radius 1 is 0.964 bits per heavy atom. The zero-order valence-electron chi connectivity index (χ0n) is 14.5. The van der Waals surface area contributed by atoms with Crippen LogP contribution in [0.25, 0.3) is 33.3 Å². The zero-order chi connectivity index (χ0) is 18.9. The fraction of sp³-hybridized carbons (Fsp3) is 0. The van der Waals surface area contributed by atoms with Crippen LogP contribution in [0.5, 0.6) is 0 Å². The highest BCUT2D eigenvalue weighted by Gasteiger charge is 2.14. The number of carbonyl (C=O) groups excluding carboxylic acids is 1. The van der Waals surface area contributed by atoms with Crippen molar-refractivity contribution in [3.63, 3.8) is 0 Å². The number of carbonyl (C=O) groups is 1. The van der Waals surface area contributed by atoms with Crippen molar-refractivity contribution in [2.24, 2.45) is 0 Å². The second-order valence-corrected chi connectivity index (χ2v) is 6.89. The summed E-state index contributed by atoms with van der Waals surface area (Å²) >= 11 is 1.36. The molecule has 1 N–H and O–H groups in total. The van der Waals surface area contributed by atoms with Gasteiger partial charge in [-0.2, -0.15) is 0 Å². The normalized spacial score (nSPS) is 11.0. The Morgan fingerprint density at radius 3 is 2.61 bits per heavy atom. The number of oxazole rings is 1. The minimum absolute atomic E-state index is 0.274. The predicted octanol–water partition coefficient (Wildman–Crippen LogP) is 5.46. The van der Waals surface area contributed by atoms with Gasteiger partial charge in [0, 0.05) is 16.6 Å². The average molecular weight is 387 g/mol. The molecular weight excluding hydrogens is 374 g/mol. The zero-order valence-corrected chi connectivity index (χ0v) is 15.3. The SMILES string of the molecule is O=C(Nc1ccc(-c2nc3ccccc3o2)cc1)c1csc(-c2ccco2)n1. The Hall–Kier alpha value is -3.71. The number of para-hydroxylation sites is 2. The average Bonchev–Trinajstić information content (AvgIpc) is 3.48. The van der Waals surface area contributed by atoms with E-state index < -0.39 is 0 Å². The molecule has 0 bridgehead atoms. The second kappa shape index (κ2) is 6.79. The molecule has 3 heterocycles. The van der Waals surface area contributed by atoms with Gasteiger partial charge in [0.05, 0.1) is 6.26 Å². The maximum absolute atomic E-state index is 12.4. The highest BCUT2D eigenvalue weighted by Crippen LogP contribution is 2.26. The van der Waals surface area contributed by atoms with Crippen molar-refractivity contribution in [3.05, 3.63) is 78.0 Å². The van der Waals surface area contributed by atoms with Crippen molar-refractivity contribution < 1.29 is 13.6 Å². The lowest BCUT2D eigenvalue weighted by atomic mass is 10.2. The van der Waals surface area contributed by atoms with Gasteiger partial charge in [-0.15, -0.1) is 11.3 Å². The number of aromatic nitrogens is 2. The summed E-state index contributed by atoms with van der Waals surface area (Å²) in [6.07, 6.45) is 1.58. The van der Waals surface area contributed by atoms with E-state index >= 15 is 0 Å². The predicted molar refractivity (Wildman–Crippen MR) is 107 cm³/mol. The van der Waals surface area contributed by atoms with E-state index in [2.05, 4.69) is 15.3 Å². The van der Waals surface area contributed by atoms with Crippen LogP contribution in [0.15, 0.2) is 81.1 Å². The molecule has 0 atom stereocenters. The van der Waals surface area contributed by atoms with Gasteiger partial charge < -0.3 is 14.2 Å². The minimum Gasteiger partial charge on any atom is -0.462 e. The van der Waals surface area contributed by atoms with Crippen LogP contribution in [-0.4, -0.2) is 15.9 Å². The van der Waals surface area contributed by atoms with E-state index in [1.54, 1.807) is 17.7 Å². The molecule has 0 radical (unpaired) electrons. The molecule has 7 heteroatoms. The van der Waals surface area contributed by atoms with Gasteiger partial charge in [0.1, 0.15) is 11.2 Å². The maximum Gasteiger partial charge on any atom is 0.275 e. The number of amides is 1. The summed E-state index contributed by atoms with van der Waals surface area (Å²) in [5.41, 5.74) is 3.40. The van der Waals surface area contributed by atoms with Gasteiger partial charge in [-0.3, -0.25) is 4.79 Å². The van der Waals surface area contributed by atoms with Gasteiger partial charge in [-0.1, -0.05) is 12.1 Å². The molecule has 5 aromatic rings. The van der Waals surface area contributed by atoms with Crippen LogP contribution in [0.4, 0.5) is 5.69 Å². The number of hydrogen-bond acceptors (Lipinski definition) is 6. The first-order valence-corrected chi connectivity index (χ1v) is 9.41. The number of nitrogens with zero attached hydrogens (tertiary/aromatic N) is 2. The van der Waals surface area contributed by atoms with Gasteiger partial charge in [-0.05, 0) is 48.5 Å². The van der Waals surface area contributed by atoms with Crippen molar-refractivity contribution in [2.45, 2.75) is 0 Å². The molecule has 0 aliphatic rings. The molecule has 0 aliphatic heterocycles.